The Labute approximate surface area is 179 Å². The summed E-state index contributed by atoms with van der Waals surface area (Å²) >= 11 is 0. The summed E-state index contributed by atoms with van der Waals surface area (Å²) in [4.78, 5) is 0. The molecule has 0 amide bonds. The van der Waals surface area contributed by atoms with Gasteiger partial charge in [0.25, 0.3) is 0 Å². The molecule has 1 saturated carbocycles. The van der Waals surface area contributed by atoms with Crippen molar-refractivity contribution in [1.29, 1.82) is 0 Å². The highest BCUT2D eigenvalue weighted by molar-refractivity contribution is 5.83. The molecule has 0 saturated heterocycles. The van der Waals surface area contributed by atoms with E-state index in [1.165, 1.54) is 16.3 Å². The summed E-state index contributed by atoms with van der Waals surface area (Å²) in [7, 11) is 0. The van der Waals surface area contributed by atoms with E-state index in [9.17, 15) is 5.11 Å². The van der Waals surface area contributed by atoms with E-state index in [1.54, 1.807) is 0 Å². The summed E-state index contributed by atoms with van der Waals surface area (Å²) in [5.41, 5.74) is 1.16. The van der Waals surface area contributed by atoms with Crippen molar-refractivity contribution in [3.8, 4) is 0 Å². The zero-order valence-corrected chi connectivity index (χ0v) is 18.2. The Kier molecular flexibility index (Phi) is 6.28. The van der Waals surface area contributed by atoms with Gasteiger partial charge in [0, 0.05) is 12.1 Å². The van der Waals surface area contributed by atoms with E-state index in [4.69, 9.17) is 9.15 Å². The molecule has 4 heteroatoms. The maximum absolute atomic E-state index is 10.5. The van der Waals surface area contributed by atoms with Crippen molar-refractivity contribution in [3.63, 3.8) is 0 Å². The minimum absolute atomic E-state index is 0.0426. The lowest BCUT2D eigenvalue weighted by Gasteiger charge is -2.28. The van der Waals surface area contributed by atoms with Crippen molar-refractivity contribution in [2.45, 2.75) is 57.8 Å². The van der Waals surface area contributed by atoms with Gasteiger partial charge in [-0.25, -0.2) is 0 Å². The van der Waals surface area contributed by atoms with Crippen LogP contribution in [0.3, 0.4) is 0 Å². The largest absolute Gasteiger partial charge is 0.464 e. The molecule has 4 nitrogen and oxygen atoms in total. The molecule has 1 aliphatic carbocycles. The number of furan rings is 1. The first-order chi connectivity index (χ1) is 14.4. The van der Waals surface area contributed by atoms with Crippen molar-refractivity contribution in [2.75, 3.05) is 13.2 Å². The second kappa shape index (κ2) is 8.93. The zero-order valence-electron chi connectivity index (χ0n) is 18.2. The number of aliphatic hydroxyl groups excluding tert-OH is 1. The van der Waals surface area contributed by atoms with Gasteiger partial charge in [0.15, 0.2) is 0 Å². The summed E-state index contributed by atoms with van der Waals surface area (Å²) in [6.07, 6.45) is 2.62. The van der Waals surface area contributed by atoms with Crippen LogP contribution in [0.15, 0.2) is 59.0 Å². The number of nitrogens with one attached hydrogen (secondary N) is 1. The molecule has 0 radical (unpaired) electrons. The van der Waals surface area contributed by atoms with Gasteiger partial charge >= 0.3 is 0 Å². The predicted molar refractivity (Wildman–Crippen MR) is 121 cm³/mol. The van der Waals surface area contributed by atoms with Crippen LogP contribution in [0.2, 0.25) is 0 Å². The quantitative estimate of drug-likeness (QED) is 0.486. The maximum atomic E-state index is 10.5. The zero-order chi connectivity index (χ0) is 21.1. The predicted octanol–water partition coefficient (Wildman–Crippen LogP) is 5.18. The molecule has 1 heterocycles. The molecular weight excluding hydrogens is 374 g/mol. The number of hydrogen-bond donors (Lipinski definition) is 2. The van der Waals surface area contributed by atoms with Gasteiger partial charge in [-0.2, -0.15) is 0 Å². The molecule has 4 rings (SSSR count). The van der Waals surface area contributed by atoms with Gasteiger partial charge < -0.3 is 19.6 Å². The fourth-order valence-corrected chi connectivity index (χ4v) is 4.05. The molecule has 1 fully saturated rings. The summed E-state index contributed by atoms with van der Waals surface area (Å²) in [5.74, 6) is 2.30. The first-order valence-corrected chi connectivity index (χ1v) is 11.0. The van der Waals surface area contributed by atoms with Gasteiger partial charge in [0.2, 0.25) is 0 Å². The maximum Gasteiger partial charge on any atom is 0.133 e. The molecule has 2 N–H and O–H groups in total. The van der Waals surface area contributed by atoms with Crippen molar-refractivity contribution in [2.24, 2.45) is 5.92 Å². The smallest absolute Gasteiger partial charge is 0.133 e. The summed E-state index contributed by atoms with van der Waals surface area (Å²) in [6.45, 7) is 7.10. The Balaban J connectivity index is 1.28. The lowest BCUT2D eigenvalue weighted by molar-refractivity contribution is -0.0300. The molecule has 2 atom stereocenters. The first-order valence-electron chi connectivity index (χ1n) is 11.0. The van der Waals surface area contributed by atoms with E-state index in [2.05, 4.69) is 61.6 Å². The normalized spacial score (nSPS) is 16.7. The molecule has 1 aliphatic rings. The van der Waals surface area contributed by atoms with Gasteiger partial charge in [-0.1, -0.05) is 42.5 Å². The minimum atomic E-state index is -0.557. The highest BCUT2D eigenvalue weighted by Crippen LogP contribution is 2.43. The topological polar surface area (TPSA) is 54.6 Å². The third kappa shape index (κ3) is 5.51. The number of ether oxygens (including phenoxy) is 1. The van der Waals surface area contributed by atoms with E-state index in [1.807, 2.05) is 19.1 Å². The molecule has 3 aromatic rings. The molecule has 160 valence electrons. The minimum Gasteiger partial charge on any atom is -0.464 e. The van der Waals surface area contributed by atoms with E-state index in [-0.39, 0.29) is 11.6 Å². The van der Waals surface area contributed by atoms with Crippen LogP contribution in [0.1, 0.15) is 49.9 Å². The van der Waals surface area contributed by atoms with Crippen LogP contribution >= 0.6 is 0 Å². The first kappa shape index (κ1) is 21.1. The number of fused-ring (bicyclic) bond motifs is 1. The van der Waals surface area contributed by atoms with E-state index >= 15 is 0 Å². The Morgan fingerprint density at radius 1 is 1.10 bits per heavy atom. The van der Waals surface area contributed by atoms with Gasteiger partial charge in [-0.15, -0.1) is 0 Å². The lowest BCUT2D eigenvalue weighted by atomic mass is 9.93. The van der Waals surface area contributed by atoms with E-state index < -0.39 is 6.10 Å². The highest BCUT2D eigenvalue weighted by atomic mass is 16.5. The van der Waals surface area contributed by atoms with Gasteiger partial charge in [0.05, 0.1) is 12.7 Å². The molecule has 30 heavy (non-hydrogen) atoms. The van der Waals surface area contributed by atoms with Gasteiger partial charge in [0.1, 0.15) is 17.6 Å². The molecular formula is C26H33NO3. The molecule has 1 unspecified atom stereocenters. The Hall–Kier alpha value is -2.14. The van der Waals surface area contributed by atoms with Crippen LogP contribution in [-0.4, -0.2) is 29.9 Å². The fraction of sp³-hybridized carbons (Fsp3) is 0.462. The standard InChI is InChI=1S/C26H33NO3/c1-18-8-13-24(30-18)25(21-11-12-21)29-17-23(28)16-27-26(2,3)15-19-9-10-20-6-4-5-7-22(20)14-19/h4-10,13-14,21,23,25,27-28H,11-12,15-17H2,1-3H3/t23-,25?/m1/s1. The Morgan fingerprint density at radius 3 is 2.57 bits per heavy atom. The molecule has 1 aromatic heterocycles. The number of rotatable bonds is 10. The molecule has 0 spiro atoms. The van der Waals surface area contributed by atoms with Crippen molar-refractivity contribution in [3.05, 3.63) is 71.7 Å². The second-order valence-electron chi connectivity index (χ2n) is 9.32. The Morgan fingerprint density at radius 2 is 1.87 bits per heavy atom. The molecule has 0 aliphatic heterocycles. The third-order valence-corrected chi connectivity index (χ3v) is 5.84. The van der Waals surface area contributed by atoms with Crippen LogP contribution in [0.4, 0.5) is 0 Å². The molecule has 0 bridgehead atoms. The number of hydrogen-bond acceptors (Lipinski definition) is 4. The fourth-order valence-electron chi connectivity index (χ4n) is 4.05. The number of aryl methyl sites for hydroxylation is 1. The monoisotopic (exact) mass is 407 g/mol. The third-order valence-electron chi connectivity index (χ3n) is 5.84. The van der Waals surface area contributed by atoms with Gasteiger partial charge in [-0.05, 0) is 74.4 Å². The molecule has 2 aromatic carbocycles. The summed E-state index contributed by atoms with van der Waals surface area (Å²) in [6, 6.07) is 19.0. The highest BCUT2D eigenvalue weighted by Gasteiger charge is 2.35. The van der Waals surface area contributed by atoms with E-state index in [0.717, 1.165) is 30.8 Å². The van der Waals surface area contributed by atoms with Crippen LogP contribution in [-0.2, 0) is 11.2 Å². The van der Waals surface area contributed by atoms with Crippen LogP contribution in [0.5, 0.6) is 0 Å². The average Bonchev–Trinajstić information content (AvgIpc) is 3.47. The number of benzene rings is 2. The van der Waals surface area contributed by atoms with Crippen LogP contribution in [0.25, 0.3) is 10.8 Å². The number of β-amino-alcohol motifs (C(OH)–C–C–N with tert-alkyl or cyclic N) is 1. The van der Waals surface area contributed by atoms with E-state index in [0.29, 0.717) is 19.1 Å². The summed E-state index contributed by atoms with van der Waals surface area (Å²) in [5, 5.41) is 16.5. The SMILES string of the molecule is Cc1ccc(C(OC[C@H](O)CNC(C)(C)Cc2ccc3ccccc3c2)C2CC2)o1. The van der Waals surface area contributed by atoms with Crippen molar-refractivity contribution in [1.82, 2.24) is 5.32 Å². The lowest BCUT2D eigenvalue weighted by Crippen LogP contribution is -2.46. The van der Waals surface area contributed by atoms with Crippen molar-refractivity contribution < 1.29 is 14.3 Å². The van der Waals surface area contributed by atoms with Gasteiger partial charge in [-0.3, -0.25) is 0 Å². The van der Waals surface area contributed by atoms with Crippen LogP contribution < -0.4 is 5.32 Å². The number of aliphatic hydroxyl groups is 1. The second-order valence-corrected chi connectivity index (χ2v) is 9.32. The Bertz CT molecular complexity index is 973. The summed E-state index contributed by atoms with van der Waals surface area (Å²) < 4.78 is 11.8. The average molecular weight is 408 g/mol. The van der Waals surface area contributed by atoms with Crippen LogP contribution in [0, 0.1) is 12.8 Å². The van der Waals surface area contributed by atoms with Crippen molar-refractivity contribution >= 4 is 10.8 Å².